The highest BCUT2D eigenvalue weighted by atomic mass is 79.9. The molecule has 0 aliphatic carbocycles. The van der Waals surface area contributed by atoms with Crippen LogP contribution in [0.15, 0.2) is 21.8 Å². The number of aryl methyl sites for hydroxylation is 1. The van der Waals surface area contributed by atoms with E-state index in [0.717, 1.165) is 10.0 Å². The first-order chi connectivity index (χ1) is 8.56. The standard InChI is InChI=1S/C11H11BrN4O2/c1-6-4-7(12)5-13-10(6)14-11(18)8-2-3-9(17)16-15-8/h4-5H,2-3H2,1H3,(H,16,17)(H,13,14,18). The molecule has 1 aliphatic heterocycles. The van der Waals surface area contributed by atoms with Crippen molar-refractivity contribution in [2.24, 2.45) is 5.10 Å². The Kier molecular flexibility index (Phi) is 3.71. The number of nitrogens with one attached hydrogen (secondary N) is 2. The van der Waals surface area contributed by atoms with Crippen LogP contribution in [0.1, 0.15) is 18.4 Å². The maximum absolute atomic E-state index is 11.9. The highest BCUT2D eigenvalue weighted by Gasteiger charge is 2.19. The number of pyridine rings is 1. The maximum Gasteiger partial charge on any atom is 0.273 e. The lowest BCUT2D eigenvalue weighted by Crippen LogP contribution is -2.33. The molecule has 6 nitrogen and oxygen atoms in total. The van der Waals surface area contributed by atoms with Crippen LogP contribution >= 0.6 is 15.9 Å². The number of carbonyl (C=O) groups is 2. The minimum atomic E-state index is -0.340. The molecule has 0 aromatic carbocycles. The first-order valence-electron chi connectivity index (χ1n) is 5.35. The molecule has 0 saturated heterocycles. The number of aromatic nitrogens is 1. The van der Waals surface area contributed by atoms with E-state index < -0.39 is 0 Å². The van der Waals surface area contributed by atoms with E-state index in [2.05, 4.69) is 36.8 Å². The van der Waals surface area contributed by atoms with Gasteiger partial charge in [-0.05, 0) is 34.5 Å². The Labute approximate surface area is 112 Å². The monoisotopic (exact) mass is 310 g/mol. The molecule has 2 rings (SSSR count). The quantitative estimate of drug-likeness (QED) is 0.865. The van der Waals surface area contributed by atoms with E-state index in [1.165, 1.54) is 0 Å². The molecule has 2 N–H and O–H groups in total. The van der Waals surface area contributed by atoms with Crippen molar-refractivity contribution >= 4 is 39.3 Å². The largest absolute Gasteiger partial charge is 0.305 e. The second kappa shape index (κ2) is 5.26. The summed E-state index contributed by atoms with van der Waals surface area (Å²) in [6, 6.07) is 1.85. The fraction of sp³-hybridized carbons (Fsp3) is 0.273. The van der Waals surface area contributed by atoms with Crippen molar-refractivity contribution < 1.29 is 9.59 Å². The van der Waals surface area contributed by atoms with Gasteiger partial charge in [-0.2, -0.15) is 5.10 Å². The summed E-state index contributed by atoms with van der Waals surface area (Å²) in [5.41, 5.74) is 3.43. The number of rotatable bonds is 2. The number of anilines is 1. The molecule has 2 heterocycles. The van der Waals surface area contributed by atoms with E-state index >= 15 is 0 Å². The van der Waals surface area contributed by atoms with Crippen LogP contribution in [0.2, 0.25) is 0 Å². The molecule has 0 unspecified atom stereocenters. The summed E-state index contributed by atoms with van der Waals surface area (Å²) >= 11 is 3.30. The van der Waals surface area contributed by atoms with Crippen molar-refractivity contribution in [1.82, 2.24) is 10.4 Å². The lowest BCUT2D eigenvalue weighted by molar-refractivity contribution is -0.121. The Balaban J connectivity index is 2.09. The maximum atomic E-state index is 11.9. The second-order valence-corrected chi connectivity index (χ2v) is 4.78. The minimum Gasteiger partial charge on any atom is -0.305 e. The highest BCUT2D eigenvalue weighted by Crippen LogP contribution is 2.17. The topological polar surface area (TPSA) is 83.4 Å². The fourth-order valence-corrected chi connectivity index (χ4v) is 1.93. The minimum absolute atomic E-state index is 0.176. The van der Waals surface area contributed by atoms with Crippen LogP contribution in [-0.2, 0) is 9.59 Å². The summed E-state index contributed by atoms with van der Waals surface area (Å²) < 4.78 is 0.847. The lowest BCUT2D eigenvalue weighted by atomic mass is 10.1. The first-order valence-corrected chi connectivity index (χ1v) is 6.14. The molecule has 0 fully saturated rings. The van der Waals surface area contributed by atoms with Crippen LogP contribution in [0, 0.1) is 6.92 Å². The number of nitrogens with zero attached hydrogens (tertiary/aromatic N) is 2. The van der Waals surface area contributed by atoms with Crippen molar-refractivity contribution in [2.45, 2.75) is 19.8 Å². The van der Waals surface area contributed by atoms with Crippen molar-refractivity contribution in [3.8, 4) is 0 Å². The molecule has 0 radical (unpaired) electrons. The molecule has 94 valence electrons. The molecule has 0 bridgehead atoms. The van der Waals surface area contributed by atoms with Gasteiger partial charge in [0, 0.05) is 23.5 Å². The lowest BCUT2D eigenvalue weighted by Gasteiger charge is -2.12. The van der Waals surface area contributed by atoms with Crippen molar-refractivity contribution in [3.05, 3.63) is 22.3 Å². The summed E-state index contributed by atoms with van der Waals surface area (Å²) in [6.45, 7) is 1.85. The van der Waals surface area contributed by atoms with E-state index in [1.807, 2.05) is 13.0 Å². The zero-order chi connectivity index (χ0) is 13.1. The fourth-order valence-electron chi connectivity index (χ4n) is 1.49. The van der Waals surface area contributed by atoms with Gasteiger partial charge in [0.15, 0.2) is 0 Å². The van der Waals surface area contributed by atoms with Gasteiger partial charge in [0.2, 0.25) is 5.91 Å². The normalized spacial score (nSPS) is 14.8. The molecule has 2 amide bonds. The zero-order valence-corrected chi connectivity index (χ0v) is 11.2. The number of hydrazone groups is 1. The van der Waals surface area contributed by atoms with Gasteiger partial charge < -0.3 is 5.32 Å². The summed E-state index contributed by atoms with van der Waals surface area (Å²) in [5, 5.41) is 6.39. The molecule has 7 heteroatoms. The smallest absolute Gasteiger partial charge is 0.273 e. The van der Waals surface area contributed by atoms with Gasteiger partial charge in [-0.25, -0.2) is 10.4 Å². The Morgan fingerprint density at radius 3 is 2.89 bits per heavy atom. The zero-order valence-electron chi connectivity index (χ0n) is 9.66. The molecule has 18 heavy (non-hydrogen) atoms. The predicted molar refractivity (Wildman–Crippen MR) is 70.1 cm³/mol. The van der Waals surface area contributed by atoms with Crippen molar-refractivity contribution in [3.63, 3.8) is 0 Å². The summed E-state index contributed by atoms with van der Waals surface area (Å²) in [4.78, 5) is 26.9. The van der Waals surface area contributed by atoms with E-state index in [0.29, 0.717) is 18.0 Å². The Morgan fingerprint density at radius 1 is 1.50 bits per heavy atom. The SMILES string of the molecule is Cc1cc(Br)cnc1NC(=O)C1=NNC(=O)CC1. The first kappa shape index (κ1) is 12.7. The number of amides is 2. The van der Waals surface area contributed by atoms with Gasteiger partial charge in [0.05, 0.1) is 0 Å². The third-order valence-corrected chi connectivity index (χ3v) is 2.88. The van der Waals surface area contributed by atoms with Gasteiger partial charge in [0.25, 0.3) is 5.91 Å². The average Bonchev–Trinajstić information content (AvgIpc) is 2.33. The van der Waals surface area contributed by atoms with Gasteiger partial charge in [-0.1, -0.05) is 0 Å². The molecule has 1 aliphatic rings. The third kappa shape index (κ3) is 2.92. The Bertz CT molecular complexity index is 542. The molecular weight excluding hydrogens is 300 g/mol. The van der Waals surface area contributed by atoms with Crippen LogP contribution in [0.4, 0.5) is 5.82 Å². The predicted octanol–water partition coefficient (Wildman–Crippen LogP) is 1.36. The molecular formula is C11H11BrN4O2. The molecule has 1 aromatic heterocycles. The van der Waals surface area contributed by atoms with Crippen LogP contribution in [-0.4, -0.2) is 22.5 Å². The Hall–Kier alpha value is -1.76. The van der Waals surface area contributed by atoms with Crippen LogP contribution in [0.3, 0.4) is 0 Å². The second-order valence-electron chi connectivity index (χ2n) is 3.87. The van der Waals surface area contributed by atoms with Crippen molar-refractivity contribution in [2.75, 3.05) is 5.32 Å². The summed E-state index contributed by atoms with van der Waals surface area (Å²) in [7, 11) is 0. The average molecular weight is 311 g/mol. The Morgan fingerprint density at radius 2 is 2.28 bits per heavy atom. The highest BCUT2D eigenvalue weighted by molar-refractivity contribution is 9.10. The van der Waals surface area contributed by atoms with Gasteiger partial charge in [-0.3, -0.25) is 9.59 Å². The third-order valence-electron chi connectivity index (χ3n) is 2.44. The van der Waals surface area contributed by atoms with Gasteiger partial charge in [-0.15, -0.1) is 0 Å². The van der Waals surface area contributed by atoms with E-state index in [9.17, 15) is 9.59 Å². The van der Waals surface area contributed by atoms with E-state index in [-0.39, 0.29) is 18.2 Å². The number of hydrogen-bond donors (Lipinski definition) is 2. The van der Waals surface area contributed by atoms with Gasteiger partial charge in [0.1, 0.15) is 11.5 Å². The molecule has 0 saturated carbocycles. The van der Waals surface area contributed by atoms with Crippen LogP contribution in [0.5, 0.6) is 0 Å². The van der Waals surface area contributed by atoms with Crippen LogP contribution < -0.4 is 10.7 Å². The summed E-state index contributed by atoms with van der Waals surface area (Å²) in [6.07, 6.45) is 2.22. The number of carbonyl (C=O) groups excluding carboxylic acids is 2. The van der Waals surface area contributed by atoms with E-state index in [1.54, 1.807) is 6.20 Å². The summed E-state index contributed by atoms with van der Waals surface area (Å²) in [5.74, 6) is -0.0276. The van der Waals surface area contributed by atoms with Crippen molar-refractivity contribution in [1.29, 1.82) is 0 Å². The van der Waals surface area contributed by atoms with Gasteiger partial charge >= 0.3 is 0 Å². The number of halogens is 1. The molecule has 0 atom stereocenters. The van der Waals surface area contributed by atoms with Crippen LogP contribution in [0.25, 0.3) is 0 Å². The molecule has 0 spiro atoms. The van der Waals surface area contributed by atoms with E-state index in [4.69, 9.17) is 0 Å². The number of hydrogen-bond acceptors (Lipinski definition) is 4. The molecule has 1 aromatic rings.